The maximum Gasteiger partial charge on any atom is 0.333 e. The van der Waals surface area contributed by atoms with Crippen molar-refractivity contribution >= 4 is 17.9 Å². The first-order valence-corrected chi connectivity index (χ1v) is 6.83. The Labute approximate surface area is 134 Å². The topological polar surface area (TPSA) is 110 Å². The molecule has 0 aliphatic carbocycles. The van der Waals surface area contributed by atoms with E-state index in [2.05, 4.69) is 19.7 Å². The largest absolute Gasteiger partial charge is 0.478 e. The summed E-state index contributed by atoms with van der Waals surface area (Å²) in [6, 6.07) is 0. The van der Waals surface area contributed by atoms with Gasteiger partial charge in [-0.2, -0.15) is 0 Å². The number of ether oxygens (including phenoxy) is 2. The van der Waals surface area contributed by atoms with Crippen molar-refractivity contribution in [2.45, 2.75) is 26.4 Å². The van der Waals surface area contributed by atoms with Crippen LogP contribution in [0.3, 0.4) is 0 Å². The number of aliphatic hydroxyl groups excluding tert-OH is 1. The van der Waals surface area contributed by atoms with Gasteiger partial charge in [-0.15, -0.1) is 0 Å². The van der Waals surface area contributed by atoms with Crippen LogP contribution in [0.2, 0.25) is 0 Å². The predicted molar refractivity (Wildman–Crippen MR) is 82.4 cm³/mol. The predicted octanol–water partition coefficient (Wildman–Crippen LogP) is 1.23. The standard InChI is InChI=1S/C16H22O7/c1-9(2)15(20)22-8-13(23-16(21)10(3)4)12(6-7-17)11(5)14(18)19/h12-13,17H,1,3,5-8H2,2,4H3,(H,18,19). The van der Waals surface area contributed by atoms with Gasteiger partial charge in [-0.3, -0.25) is 0 Å². The third-order valence-corrected chi connectivity index (χ3v) is 2.95. The van der Waals surface area contributed by atoms with Crippen LogP contribution in [0.5, 0.6) is 0 Å². The van der Waals surface area contributed by atoms with Crippen LogP contribution in [0.1, 0.15) is 20.3 Å². The zero-order valence-electron chi connectivity index (χ0n) is 13.3. The molecule has 0 aliphatic rings. The van der Waals surface area contributed by atoms with Crippen molar-refractivity contribution in [1.82, 2.24) is 0 Å². The highest BCUT2D eigenvalue weighted by Crippen LogP contribution is 2.22. The fourth-order valence-corrected chi connectivity index (χ4v) is 1.63. The van der Waals surface area contributed by atoms with Gasteiger partial charge >= 0.3 is 17.9 Å². The number of esters is 2. The summed E-state index contributed by atoms with van der Waals surface area (Å²) in [5, 5.41) is 18.2. The van der Waals surface area contributed by atoms with E-state index in [9.17, 15) is 14.4 Å². The Kier molecular flexibility index (Phi) is 8.57. The third kappa shape index (κ3) is 6.92. The summed E-state index contributed by atoms with van der Waals surface area (Å²) in [7, 11) is 0. The minimum Gasteiger partial charge on any atom is -0.478 e. The Morgan fingerprint density at radius 2 is 1.57 bits per heavy atom. The summed E-state index contributed by atoms with van der Waals surface area (Å²) in [6.45, 7) is 12.4. The average molecular weight is 326 g/mol. The number of carbonyl (C=O) groups is 3. The minimum absolute atomic E-state index is 0.0239. The first-order valence-electron chi connectivity index (χ1n) is 6.83. The molecule has 0 saturated heterocycles. The molecule has 0 aromatic rings. The second kappa shape index (κ2) is 9.58. The molecule has 0 radical (unpaired) electrons. The lowest BCUT2D eigenvalue weighted by atomic mass is 9.91. The molecule has 2 atom stereocenters. The van der Waals surface area contributed by atoms with Crippen LogP contribution >= 0.6 is 0 Å². The lowest BCUT2D eigenvalue weighted by Gasteiger charge is -2.26. The van der Waals surface area contributed by atoms with E-state index in [1.807, 2.05) is 0 Å². The Morgan fingerprint density at radius 3 is 1.96 bits per heavy atom. The minimum atomic E-state index is -1.30. The maximum absolute atomic E-state index is 11.7. The van der Waals surface area contributed by atoms with Crippen molar-refractivity contribution in [3.63, 3.8) is 0 Å². The Morgan fingerprint density at radius 1 is 1.04 bits per heavy atom. The maximum atomic E-state index is 11.7. The molecule has 7 heteroatoms. The van der Waals surface area contributed by atoms with Gasteiger partial charge in [0, 0.05) is 29.2 Å². The summed E-state index contributed by atoms with van der Waals surface area (Å²) < 4.78 is 10.1. The number of carboxylic acids is 1. The van der Waals surface area contributed by atoms with E-state index in [0.717, 1.165) is 0 Å². The van der Waals surface area contributed by atoms with Gasteiger partial charge in [-0.05, 0) is 20.3 Å². The molecular formula is C16H22O7. The molecule has 0 saturated carbocycles. The Balaban J connectivity index is 5.32. The van der Waals surface area contributed by atoms with Crippen molar-refractivity contribution in [3.8, 4) is 0 Å². The smallest absolute Gasteiger partial charge is 0.333 e. The molecule has 2 unspecified atom stereocenters. The fraction of sp³-hybridized carbons (Fsp3) is 0.438. The van der Waals surface area contributed by atoms with Crippen LogP contribution in [-0.2, 0) is 23.9 Å². The quantitative estimate of drug-likeness (QED) is 0.459. The van der Waals surface area contributed by atoms with Crippen LogP contribution in [0.15, 0.2) is 36.5 Å². The molecule has 0 bridgehead atoms. The van der Waals surface area contributed by atoms with Gasteiger partial charge in [-0.25, -0.2) is 14.4 Å². The van der Waals surface area contributed by atoms with Crippen molar-refractivity contribution < 1.29 is 34.1 Å². The van der Waals surface area contributed by atoms with E-state index < -0.39 is 29.9 Å². The fourth-order valence-electron chi connectivity index (χ4n) is 1.63. The van der Waals surface area contributed by atoms with Gasteiger partial charge in [0.2, 0.25) is 0 Å². The number of aliphatic hydroxyl groups is 1. The lowest BCUT2D eigenvalue weighted by Crippen LogP contribution is -2.36. The van der Waals surface area contributed by atoms with Crippen LogP contribution < -0.4 is 0 Å². The molecule has 0 fully saturated rings. The molecule has 7 nitrogen and oxygen atoms in total. The van der Waals surface area contributed by atoms with E-state index in [4.69, 9.17) is 19.7 Å². The highest BCUT2D eigenvalue weighted by molar-refractivity contribution is 5.89. The zero-order valence-corrected chi connectivity index (χ0v) is 13.3. The van der Waals surface area contributed by atoms with Gasteiger partial charge in [0.25, 0.3) is 0 Å². The normalized spacial score (nSPS) is 12.7. The Bertz CT molecular complexity index is 519. The van der Waals surface area contributed by atoms with Gasteiger partial charge in [0.1, 0.15) is 12.7 Å². The monoisotopic (exact) mass is 326 g/mol. The number of hydrogen-bond acceptors (Lipinski definition) is 6. The van der Waals surface area contributed by atoms with Crippen molar-refractivity contribution in [1.29, 1.82) is 0 Å². The van der Waals surface area contributed by atoms with Crippen molar-refractivity contribution in [2.24, 2.45) is 5.92 Å². The summed E-state index contributed by atoms with van der Waals surface area (Å²) in [5.41, 5.74) is -0.0133. The molecule has 0 amide bonds. The van der Waals surface area contributed by atoms with E-state index >= 15 is 0 Å². The third-order valence-electron chi connectivity index (χ3n) is 2.95. The van der Waals surface area contributed by atoms with E-state index in [1.54, 1.807) is 0 Å². The summed E-state index contributed by atoms with van der Waals surface area (Å²) >= 11 is 0. The number of rotatable bonds is 10. The summed E-state index contributed by atoms with van der Waals surface area (Å²) in [5.74, 6) is -3.68. The number of aliphatic carboxylic acids is 1. The lowest BCUT2D eigenvalue weighted by molar-refractivity contribution is -0.157. The number of carbonyl (C=O) groups excluding carboxylic acids is 2. The average Bonchev–Trinajstić information content (AvgIpc) is 2.47. The molecular weight excluding hydrogens is 304 g/mol. The molecule has 23 heavy (non-hydrogen) atoms. The van der Waals surface area contributed by atoms with Gasteiger partial charge < -0.3 is 19.7 Å². The first kappa shape index (κ1) is 20.6. The molecule has 0 heterocycles. The number of hydrogen-bond donors (Lipinski definition) is 2. The molecule has 0 aromatic heterocycles. The number of carboxylic acid groups (broad SMARTS) is 1. The van der Waals surface area contributed by atoms with Crippen LogP contribution in [-0.4, -0.2) is 47.4 Å². The van der Waals surface area contributed by atoms with E-state index in [-0.39, 0.29) is 36.4 Å². The SMILES string of the molecule is C=C(C)C(=O)OCC(OC(=O)C(=C)C)C(CCO)C(=C)C(=O)O. The van der Waals surface area contributed by atoms with Gasteiger partial charge in [0.05, 0.1) is 0 Å². The molecule has 128 valence electrons. The zero-order chi connectivity index (χ0) is 18.2. The van der Waals surface area contributed by atoms with Crippen molar-refractivity contribution in [3.05, 3.63) is 36.5 Å². The molecule has 2 N–H and O–H groups in total. The Hall–Kier alpha value is -2.41. The summed E-state index contributed by atoms with van der Waals surface area (Å²) in [4.78, 5) is 34.3. The van der Waals surface area contributed by atoms with Crippen LogP contribution in [0, 0.1) is 5.92 Å². The van der Waals surface area contributed by atoms with Crippen molar-refractivity contribution in [2.75, 3.05) is 13.2 Å². The molecule has 0 aliphatic heterocycles. The van der Waals surface area contributed by atoms with E-state index in [0.29, 0.717) is 0 Å². The van der Waals surface area contributed by atoms with Gasteiger partial charge in [0.15, 0.2) is 0 Å². The summed E-state index contributed by atoms with van der Waals surface area (Å²) in [6.07, 6.45) is -1.14. The first-order chi connectivity index (χ1) is 10.6. The van der Waals surface area contributed by atoms with Gasteiger partial charge in [-0.1, -0.05) is 19.7 Å². The second-order valence-corrected chi connectivity index (χ2v) is 5.05. The molecule has 0 aromatic carbocycles. The highest BCUT2D eigenvalue weighted by Gasteiger charge is 2.31. The van der Waals surface area contributed by atoms with Crippen LogP contribution in [0.4, 0.5) is 0 Å². The molecule has 0 spiro atoms. The van der Waals surface area contributed by atoms with Crippen LogP contribution in [0.25, 0.3) is 0 Å². The molecule has 0 rings (SSSR count). The van der Waals surface area contributed by atoms with E-state index in [1.165, 1.54) is 13.8 Å². The highest BCUT2D eigenvalue weighted by atomic mass is 16.6. The second-order valence-electron chi connectivity index (χ2n) is 5.05.